The minimum atomic E-state index is -0.626. The van der Waals surface area contributed by atoms with Crippen LogP contribution in [0.1, 0.15) is 59.1 Å². The van der Waals surface area contributed by atoms with E-state index in [1.807, 2.05) is 43.5 Å². The Morgan fingerprint density at radius 2 is 1.82 bits per heavy atom. The van der Waals surface area contributed by atoms with Gasteiger partial charge in [-0.1, -0.05) is 51.1 Å². The smallest absolute Gasteiger partial charge is 0.322 e. The van der Waals surface area contributed by atoms with Crippen LogP contribution >= 0.6 is 0 Å². The molecule has 0 saturated carbocycles. The lowest BCUT2D eigenvalue weighted by Gasteiger charge is -2.20. The molecule has 0 fully saturated rings. The number of rotatable bonds is 13. The number of carbonyl (C=O) groups is 1. The van der Waals surface area contributed by atoms with Crippen molar-refractivity contribution in [1.82, 2.24) is 24.5 Å². The Bertz CT molecular complexity index is 1390. The normalized spacial score (nSPS) is 13.0. The zero-order chi connectivity index (χ0) is 28.6. The Kier molecular flexibility index (Phi) is 9.65. The van der Waals surface area contributed by atoms with E-state index in [1.54, 1.807) is 12.5 Å². The van der Waals surface area contributed by atoms with Gasteiger partial charge in [-0.2, -0.15) is 9.97 Å². The maximum atomic E-state index is 12.4. The van der Waals surface area contributed by atoms with E-state index in [4.69, 9.17) is 20.4 Å². The van der Waals surface area contributed by atoms with Crippen LogP contribution in [0.15, 0.2) is 55.0 Å². The van der Waals surface area contributed by atoms with E-state index < -0.39 is 6.04 Å². The highest BCUT2D eigenvalue weighted by Crippen LogP contribution is 2.25. The number of aromatic nitrogens is 5. The number of anilines is 2. The molecule has 0 radical (unpaired) electrons. The molecule has 0 saturated heterocycles. The highest BCUT2D eigenvalue weighted by atomic mass is 16.5. The number of pyridine rings is 1. The molecule has 10 heteroatoms. The SMILES string of the molecule is CC[C@H](COC(=O)C(N)CC(C)C)Nc1nc(NCc2ccc(-c3ccccn3)cc2)c2ncn(C(C)C)c2n1. The third-order valence-corrected chi connectivity index (χ3v) is 6.63. The van der Waals surface area contributed by atoms with Crippen LogP contribution in [0.4, 0.5) is 11.8 Å². The number of benzene rings is 1. The minimum Gasteiger partial charge on any atom is -0.462 e. The van der Waals surface area contributed by atoms with E-state index >= 15 is 0 Å². The second kappa shape index (κ2) is 13.3. The number of ether oxygens (including phenoxy) is 1. The first-order chi connectivity index (χ1) is 19.2. The summed E-state index contributed by atoms with van der Waals surface area (Å²) in [6.07, 6.45) is 4.88. The fourth-order valence-corrected chi connectivity index (χ4v) is 4.33. The quantitative estimate of drug-likeness (QED) is 0.195. The summed E-state index contributed by atoms with van der Waals surface area (Å²) < 4.78 is 7.54. The van der Waals surface area contributed by atoms with Gasteiger partial charge in [0.25, 0.3) is 0 Å². The Labute approximate surface area is 235 Å². The van der Waals surface area contributed by atoms with Crippen LogP contribution in [0, 0.1) is 5.92 Å². The van der Waals surface area contributed by atoms with Crippen LogP contribution in [-0.4, -0.2) is 49.2 Å². The van der Waals surface area contributed by atoms with E-state index in [9.17, 15) is 4.79 Å². The van der Waals surface area contributed by atoms with Gasteiger partial charge in [-0.05, 0) is 50.3 Å². The van der Waals surface area contributed by atoms with Crippen molar-refractivity contribution in [2.75, 3.05) is 17.2 Å². The van der Waals surface area contributed by atoms with Crippen LogP contribution in [0.5, 0.6) is 0 Å². The number of fused-ring (bicyclic) bond motifs is 1. The Hall–Kier alpha value is -4.05. The first-order valence-electron chi connectivity index (χ1n) is 13.9. The third kappa shape index (κ3) is 7.32. The van der Waals surface area contributed by atoms with E-state index in [-0.39, 0.29) is 24.7 Å². The van der Waals surface area contributed by atoms with Crippen LogP contribution in [0.3, 0.4) is 0 Å². The molecule has 10 nitrogen and oxygen atoms in total. The maximum Gasteiger partial charge on any atom is 0.322 e. The van der Waals surface area contributed by atoms with Gasteiger partial charge in [0.1, 0.15) is 12.6 Å². The summed E-state index contributed by atoms with van der Waals surface area (Å²) in [5.41, 5.74) is 10.5. The number of imidazole rings is 1. The predicted molar refractivity (Wildman–Crippen MR) is 159 cm³/mol. The summed E-state index contributed by atoms with van der Waals surface area (Å²) in [7, 11) is 0. The number of nitrogens with two attached hydrogens (primary N) is 1. The summed E-state index contributed by atoms with van der Waals surface area (Å²) >= 11 is 0. The van der Waals surface area contributed by atoms with Crippen LogP contribution in [0.25, 0.3) is 22.4 Å². The standard InChI is InChI=1S/C30H40N8O2/c1-6-23(17-40-29(39)24(31)15-19(2)3)35-30-36-27(26-28(37-30)38(18-34-26)20(4)5)33-16-21-10-12-22(13-11-21)25-9-7-8-14-32-25/h7-14,18-20,23-24H,6,15-17,31H2,1-5H3,(H2,33,35,36,37)/t23-,24?/m1/s1. The van der Waals surface area contributed by atoms with E-state index in [1.165, 1.54) is 0 Å². The molecule has 1 unspecified atom stereocenters. The predicted octanol–water partition coefficient (Wildman–Crippen LogP) is 5.19. The lowest BCUT2D eigenvalue weighted by atomic mass is 10.1. The molecule has 0 spiro atoms. The molecule has 4 aromatic rings. The average Bonchev–Trinajstić information content (AvgIpc) is 3.38. The average molecular weight is 545 g/mol. The van der Waals surface area contributed by atoms with E-state index in [2.05, 4.69) is 58.7 Å². The van der Waals surface area contributed by atoms with Crippen molar-refractivity contribution in [3.8, 4) is 11.3 Å². The van der Waals surface area contributed by atoms with Gasteiger partial charge in [-0.25, -0.2) is 4.98 Å². The summed E-state index contributed by atoms with van der Waals surface area (Å²) in [6, 6.07) is 13.5. The molecule has 0 aliphatic rings. The molecule has 40 heavy (non-hydrogen) atoms. The number of nitrogens with zero attached hydrogens (tertiary/aromatic N) is 5. The number of esters is 1. The Balaban J connectivity index is 1.50. The summed E-state index contributed by atoms with van der Waals surface area (Å²) in [5.74, 6) is 1.00. The summed E-state index contributed by atoms with van der Waals surface area (Å²) in [5, 5.41) is 6.79. The first kappa shape index (κ1) is 28.9. The monoisotopic (exact) mass is 544 g/mol. The fourth-order valence-electron chi connectivity index (χ4n) is 4.33. The van der Waals surface area contributed by atoms with Crippen molar-refractivity contribution >= 4 is 28.9 Å². The highest BCUT2D eigenvalue weighted by molar-refractivity contribution is 5.84. The molecular formula is C30H40N8O2. The number of hydrogen-bond acceptors (Lipinski definition) is 9. The molecule has 2 atom stereocenters. The van der Waals surface area contributed by atoms with Gasteiger partial charge in [0.2, 0.25) is 5.95 Å². The van der Waals surface area contributed by atoms with Gasteiger partial charge in [0.15, 0.2) is 17.0 Å². The zero-order valence-corrected chi connectivity index (χ0v) is 24.0. The lowest BCUT2D eigenvalue weighted by Crippen LogP contribution is -2.36. The molecule has 0 aliphatic heterocycles. The molecule has 1 aromatic carbocycles. The van der Waals surface area contributed by atoms with Gasteiger partial charge < -0.3 is 25.7 Å². The van der Waals surface area contributed by atoms with Crippen molar-refractivity contribution in [1.29, 1.82) is 0 Å². The lowest BCUT2D eigenvalue weighted by molar-refractivity contribution is -0.146. The molecule has 212 valence electrons. The maximum absolute atomic E-state index is 12.4. The molecule has 4 N–H and O–H groups in total. The highest BCUT2D eigenvalue weighted by Gasteiger charge is 2.20. The molecule has 0 bridgehead atoms. The van der Waals surface area contributed by atoms with Gasteiger partial charge in [-0.15, -0.1) is 0 Å². The van der Waals surface area contributed by atoms with Crippen molar-refractivity contribution in [3.05, 3.63) is 60.6 Å². The van der Waals surface area contributed by atoms with Crippen molar-refractivity contribution in [2.45, 2.75) is 72.1 Å². The third-order valence-electron chi connectivity index (χ3n) is 6.63. The zero-order valence-electron chi connectivity index (χ0n) is 24.0. The topological polar surface area (TPSA) is 133 Å². The van der Waals surface area contributed by atoms with Crippen LogP contribution < -0.4 is 16.4 Å². The number of nitrogens with one attached hydrogen (secondary N) is 2. The Morgan fingerprint density at radius 1 is 1.05 bits per heavy atom. The van der Waals surface area contributed by atoms with Gasteiger partial charge in [0.05, 0.1) is 18.1 Å². The molecule has 3 heterocycles. The van der Waals surface area contributed by atoms with E-state index in [0.29, 0.717) is 42.6 Å². The van der Waals surface area contributed by atoms with Gasteiger partial charge >= 0.3 is 5.97 Å². The van der Waals surface area contributed by atoms with Crippen LogP contribution in [-0.2, 0) is 16.1 Å². The molecule has 0 amide bonds. The summed E-state index contributed by atoms with van der Waals surface area (Å²) in [6.45, 7) is 11.0. The van der Waals surface area contributed by atoms with Gasteiger partial charge in [0, 0.05) is 24.3 Å². The number of carbonyl (C=O) groups excluding carboxylic acids is 1. The molecule has 0 aliphatic carbocycles. The van der Waals surface area contributed by atoms with E-state index in [0.717, 1.165) is 22.5 Å². The Morgan fingerprint density at radius 3 is 2.48 bits per heavy atom. The molecule has 4 rings (SSSR count). The van der Waals surface area contributed by atoms with Gasteiger partial charge in [-0.3, -0.25) is 9.78 Å². The second-order valence-corrected chi connectivity index (χ2v) is 10.7. The molecular weight excluding hydrogens is 504 g/mol. The fraction of sp³-hybridized carbons (Fsp3) is 0.433. The largest absolute Gasteiger partial charge is 0.462 e. The second-order valence-electron chi connectivity index (χ2n) is 10.7. The van der Waals surface area contributed by atoms with Crippen molar-refractivity contribution in [2.24, 2.45) is 11.7 Å². The minimum absolute atomic E-state index is 0.171. The first-order valence-corrected chi connectivity index (χ1v) is 13.9. The van der Waals surface area contributed by atoms with Crippen molar-refractivity contribution < 1.29 is 9.53 Å². The number of hydrogen-bond donors (Lipinski definition) is 3. The van der Waals surface area contributed by atoms with Crippen LogP contribution in [0.2, 0.25) is 0 Å². The van der Waals surface area contributed by atoms with Crippen molar-refractivity contribution in [3.63, 3.8) is 0 Å². The molecule has 3 aromatic heterocycles. The summed E-state index contributed by atoms with van der Waals surface area (Å²) in [4.78, 5) is 30.9.